The van der Waals surface area contributed by atoms with E-state index in [9.17, 15) is 0 Å². The zero-order valence-corrected chi connectivity index (χ0v) is 5.18. The molecule has 0 aliphatic rings. The molecule has 0 aromatic heterocycles. The van der Waals surface area contributed by atoms with E-state index in [2.05, 4.69) is 4.74 Å². The maximum Gasteiger partial charge on any atom is 0.207 e. The summed E-state index contributed by atoms with van der Waals surface area (Å²) in [6.07, 6.45) is 6.56. The van der Waals surface area contributed by atoms with Crippen molar-refractivity contribution in [3.05, 3.63) is 0 Å². The third kappa shape index (κ3) is 3.51. The maximum absolute atomic E-state index is 4.92. The Hall–Kier alpha value is -0.680. The number of hydrogen-bond donors (Lipinski definition) is 0. The summed E-state index contributed by atoms with van der Waals surface area (Å²) in [5.74, 6) is 0. The maximum atomic E-state index is 4.92. The molecule has 0 amide bonds. The zero-order valence-electron chi connectivity index (χ0n) is 5.18. The van der Waals surface area contributed by atoms with Crippen molar-refractivity contribution in [1.82, 2.24) is 0 Å². The Kier molecular flexibility index (Phi) is 4.10. The van der Waals surface area contributed by atoms with Crippen molar-refractivity contribution in [2.45, 2.75) is 20.1 Å². The molecule has 0 aromatic carbocycles. The van der Waals surface area contributed by atoms with Crippen LogP contribution in [0.3, 0.4) is 0 Å². The van der Waals surface area contributed by atoms with Gasteiger partial charge in [-0.25, -0.2) is 0 Å². The van der Waals surface area contributed by atoms with Crippen LogP contribution in [0.4, 0.5) is 0 Å². The molecule has 8 heavy (non-hydrogen) atoms. The average molecular weight is 114 g/mol. The van der Waals surface area contributed by atoms with Gasteiger partial charge in [-0.15, -0.1) is 0 Å². The van der Waals surface area contributed by atoms with Gasteiger partial charge in [0.2, 0.25) is 6.29 Å². The largest absolute Gasteiger partial charge is 0.415 e. The minimum atomic E-state index is -0.273. The van der Waals surface area contributed by atoms with Crippen LogP contribution in [0.25, 0.3) is 0 Å². The molecule has 0 radical (unpaired) electrons. The third-order valence-corrected chi connectivity index (χ3v) is 0.635. The second-order valence-corrected chi connectivity index (χ2v) is 1.26. The first-order valence-corrected chi connectivity index (χ1v) is 2.54. The molecule has 0 fully saturated rings. The molecule has 0 heterocycles. The van der Waals surface area contributed by atoms with Crippen LogP contribution in [0.15, 0.2) is 0 Å². The van der Waals surface area contributed by atoms with Gasteiger partial charge in [-0.05, 0) is 13.8 Å². The first kappa shape index (κ1) is 7.32. The Bertz CT molecular complexity index is 83.0. The molecule has 0 aliphatic carbocycles. The highest BCUT2D eigenvalue weighted by atomic mass is 16.7. The molecule has 0 saturated heterocycles. The predicted octanol–water partition coefficient (Wildman–Crippen LogP) is 0.976. The van der Waals surface area contributed by atoms with Crippen molar-refractivity contribution in [3.63, 3.8) is 0 Å². The van der Waals surface area contributed by atoms with Crippen molar-refractivity contribution in [2.24, 2.45) is 0 Å². The van der Waals surface area contributed by atoms with E-state index in [1.165, 1.54) is 0 Å². The quantitative estimate of drug-likeness (QED) is 0.402. The van der Waals surface area contributed by atoms with Crippen molar-refractivity contribution in [1.29, 1.82) is 0 Å². The first-order chi connectivity index (χ1) is 3.81. The Labute approximate surface area is 49.8 Å². The summed E-state index contributed by atoms with van der Waals surface area (Å²) < 4.78 is 9.51. The highest BCUT2D eigenvalue weighted by Crippen LogP contribution is 1.88. The molecule has 0 aromatic rings. The second kappa shape index (κ2) is 4.48. The van der Waals surface area contributed by atoms with E-state index < -0.39 is 0 Å². The van der Waals surface area contributed by atoms with Gasteiger partial charge in [0.1, 0.15) is 6.11 Å². The van der Waals surface area contributed by atoms with Crippen LogP contribution in [0.5, 0.6) is 0 Å². The van der Waals surface area contributed by atoms with Crippen LogP contribution in [-0.4, -0.2) is 12.9 Å². The fourth-order valence-electron chi connectivity index (χ4n) is 0.365. The van der Waals surface area contributed by atoms with Crippen LogP contribution >= 0.6 is 0 Å². The Morgan fingerprint density at radius 2 is 2.38 bits per heavy atom. The average Bonchev–Trinajstić information content (AvgIpc) is 1.68. The molecular formula is C6H10O2. The number of terminal acetylenes is 1. The molecule has 0 aliphatic heterocycles. The second-order valence-electron chi connectivity index (χ2n) is 1.26. The van der Waals surface area contributed by atoms with E-state index in [0.717, 1.165) is 0 Å². The van der Waals surface area contributed by atoms with Gasteiger partial charge in [-0.1, -0.05) is 6.42 Å². The van der Waals surface area contributed by atoms with Gasteiger partial charge in [-0.2, -0.15) is 0 Å². The van der Waals surface area contributed by atoms with Crippen molar-refractivity contribution in [2.75, 3.05) is 6.61 Å². The molecule has 0 spiro atoms. The lowest BCUT2D eigenvalue weighted by atomic mass is 10.7. The lowest BCUT2D eigenvalue weighted by Gasteiger charge is -2.06. The highest BCUT2D eigenvalue weighted by molar-refractivity contribution is 4.68. The highest BCUT2D eigenvalue weighted by Gasteiger charge is 1.94. The first-order valence-electron chi connectivity index (χ1n) is 2.54. The van der Waals surface area contributed by atoms with Crippen LogP contribution in [-0.2, 0) is 9.47 Å². The fraction of sp³-hybridized carbons (Fsp3) is 0.667. The summed E-state index contributed by atoms with van der Waals surface area (Å²) in [6, 6.07) is 0. The van der Waals surface area contributed by atoms with Crippen LogP contribution in [0.1, 0.15) is 13.8 Å². The van der Waals surface area contributed by atoms with Gasteiger partial charge in [0, 0.05) is 6.61 Å². The molecule has 0 saturated carbocycles. The molecule has 1 atom stereocenters. The third-order valence-electron chi connectivity index (χ3n) is 0.635. The smallest absolute Gasteiger partial charge is 0.207 e. The van der Waals surface area contributed by atoms with Crippen molar-refractivity contribution < 1.29 is 9.47 Å². The van der Waals surface area contributed by atoms with Crippen molar-refractivity contribution >= 4 is 0 Å². The van der Waals surface area contributed by atoms with Gasteiger partial charge in [-0.3, -0.25) is 0 Å². The molecule has 0 bridgehead atoms. The topological polar surface area (TPSA) is 18.5 Å². The summed E-state index contributed by atoms with van der Waals surface area (Å²) in [5.41, 5.74) is 0. The SMILES string of the molecule is C#COC(C)OCC. The molecule has 0 rings (SSSR count). The summed E-state index contributed by atoms with van der Waals surface area (Å²) >= 11 is 0. The summed E-state index contributed by atoms with van der Waals surface area (Å²) in [4.78, 5) is 0. The molecular weight excluding hydrogens is 104 g/mol. The molecule has 2 heteroatoms. The van der Waals surface area contributed by atoms with Crippen LogP contribution < -0.4 is 0 Å². The van der Waals surface area contributed by atoms with Crippen molar-refractivity contribution in [3.8, 4) is 12.5 Å². The van der Waals surface area contributed by atoms with E-state index in [-0.39, 0.29) is 6.29 Å². The lowest BCUT2D eigenvalue weighted by molar-refractivity contribution is -0.0790. The number of rotatable bonds is 3. The van der Waals surface area contributed by atoms with E-state index >= 15 is 0 Å². The molecule has 1 unspecified atom stereocenters. The van der Waals surface area contributed by atoms with Gasteiger partial charge < -0.3 is 9.47 Å². The number of hydrogen-bond acceptors (Lipinski definition) is 2. The monoisotopic (exact) mass is 114 g/mol. The molecule has 0 N–H and O–H groups in total. The minimum absolute atomic E-state index is 0.273. The summed E-state index contributed by atoms with van der Waals surface area (Å²) in [6.45, 7) is 4.27. The predicted molar refractivity (Wildman–Crippen MR) is 31.0 cm³/mol. The van der Waals surface area contributed by atoms with E-state index in [1.807, 2.05) is 13.0 Å². The van der Waals surface area contributed by atoms with E-state index in [4.69, 9.17) is 11.2 Å². The molecule has 46 valence electrons. The molecule has 2 nitrogen and oxygen atoms in total. The zero-order chi connectivity index (χ0) is 6.41. The Morgan fingerprint density at radius 1 is 1.75 bits per heavy atom. The van der Waals surface area contributed by atoms with Gasteiger partial charge in [0.25, 0.3) is 0 Å². The Morgan fingerprint density at radius 3 is 2.75 bits per heavy atom. The summed E-state index contributed by atoms with van der Waals surface area (Å²) in [5, 5.41) is 0. The fourth-order valence-corrected chi connectivity index (χ4v) is 0.365. The van der Waals surface area contributed by atoms with E-state index in [0.29, 0.717) is 6.61 Å². The number of ether oxygens (including phenoxy) is 2. The Balaban J connectivity index is 3.08. The normalized spacial score (nSPS) is 12.1. The van der Waals surface area contributed by atoms with Gasteiger partial charge >= 0.3 is 0 Å². The minimum Gasteiger partial charge on any atom is -0.415 e. The standard InChI is InChI=1S/C6H10O2/c1-4-7-6(3)8-5-2/h1,6H,5H2,2-3H3. The van der Waals surface area contributed by atoms with Crippen LogP contribution in [0.2, 0.25) is 0 Å². The van der Waals surface area contributed by atoms with Gasteiger partial charge in [0.15, 0.2) is 0 Å². The summed E-state index contributed by atoms with van der Waals surface area (Å²) in [7, 11) is 0. The van der Waals surface area contributed by atoms with E-state index in [1.54, 1.807) is 6.92 Å². The van der Waals surface area contributed by atoms with Crippen LogP contribution in [0, 0.1) is 12.5 Å². The van der Waals surface area contributed by atoms with Gasteiger partial charge in [0.05, 0.1) is 0 Å². The lowest BCUT2D eigenvalue weighted by Crippen LogP contribution is -2.08.